The van der Waals surface area contributed by atoms with Crippen LogP contribution >= 0.6 is 11.3 Å². The molecule has 0 radical (unpaired) electrons. The van der Waals surface area contributed by atoms with Crippen LogP contribution in [0.2, 0.25) is 0 Å². The van der Waals surface area contributed by atoms with Crippen molar-refractivity contribution in [2.45, 2.75) is 19.0 Å². The largest absolute Gasteiger partial charge is 0.326 e. The van der Waals surface area contributed by atoms with Crippen LogP contribution in [0.1, 0.15) is 23.4 Å². The van der Waals surface area contributed by atoms with Gasteiger partial charge in [0.2, 0.25) is 0 Å². The number of thiophene rings is 1. The van der Waals surface area contributed by atoms with Crippen LogP contribution in [0, 0.1) is 5.82 Å². The van der Waals surface area contributed by atoms with Gasteiger partial charge in [0.05, 0.1) is 10.6 Å². The van der Waals surface area contributed by atoms with E-state index in [0.29, 0.717) is 0 Å². The maximum absolute atomic E-state index is 13.7. The van der Waals surface area contributed by atoms with E-state index < -0.39 is 5.82 Å². The van der Waals surface area contributed by atoms with Crippen LogP contribution in [0.5, 0.6) is 0 Å². The first-order valence-electron chi connectivity index (χ1n) is 8.14. The number of halogens is 1. The van der Waals surface area contributed by atoms with E-state index >= 15 is 0 Å². The minimum absolute atomic E-state index is 0.0302. The Morgan fingerprint density at radius 2 is 1.76 bits per heavy atom. The number of hydrogen-bond acceptors (Lipinski definition) is 2. The van der Waals surface area contributed by atoms with Crippen molar-refractivity contribution in [2.24, 2.45) is 0 Å². The molecule has 3 nitrogen and oxygen atoms in total. The number of rotatable bonds is 6. The van der Waals surface area contributed by atoms with Crippen molar-refractivity contribution >= 4 is 22.9 Å². The summed E-state index contributed by atoms with van der Waals surface area (Å²) in [6, 6.07) is 20.0. The molecule has 2 atom stereocenters. The van der Waals surface area contributed by atoms with E-state index in [4.69, 9.17) is 0 Å². The lowest BCUT2D eigenvalue weighted by Gasteiger charge is -2.19. The van der Waals surface area contributed by atoms with Crippen molar-refractivity contribution in [1.29, 1.82) is 0 Å². The van der Waals surface area contributed by atoms with Gasteiger partial charge in [0.25, 0.3) is 5.91 Å². The van der Waals surface area contributed by atoms with Gasteiger partial charge in [-0.15, -0.1) is 11.3 Å². The lowest BCUT2D eigenvalue weighted by atomic mass is 10.0. The third-order valence-electron chi connectivity index (χ3n) is 4.03. The maximum atomic E-state index is 13.7. The number of hydrogen-bond donors (Lipinski definition) is 2. The number of anilines is 1. The summed E-state index contributed by atoms with van der Waals surface area (Å²) in [5, 5.41) is 6.71. The fraction of sp³-hybridized carbons (Fsp3) is 0.150. The maximum Gasteiger partial charge on any atom is 0.282 e. The highest BCUT2D eigenvalue weighted by molar-refractivity contribution is 7.10. The summed E-state index contributed by atoms with van der Waals surface area (Å²) in [4.78, 5) is 13.7. The van der Waals surface area contributed by atoms with Crippen LogP contribution in [0.4, 0.5) is 10.1 Å². The quantitative estimate of drug-likeness (QED) is 0.698. The van der Waals surface area contributed by atoms with Gasteiger partial charge in [-0.25, -0.2) is 4.39 Å². The number of para-hydroxylation sites is 1. The van der Waals surface area contributed by atoms with Gasteiger partial charge in [0.1, 0.15) is 11.9 Å². The van der Waals surface area contributed by atoms with Gasteiger partial charge in [-0.3, -0.25) is 4.79 Å². The van der Waals surface area contributed by atoms with E-state index in [9.17, 15) is 9.18 Å². The van der Waals surface area contributed by atoms with Crippen molar-refractivity contribution in [3.8, 4) is 0 Å². The zero-order chi connectivity index (χ0) is 17.6. The molecule has 0 spiro atoms. The molecule has 0 saturated carbocycles. The van der Waals surface area contributed by atoms with Crippen LogP contribution in [-0.2, 0) is 4.79 Å². The molecule has 1 amide bonds. The Kier molecular flexibility index (Phi) is 5.58. The van der Waals surface area contributed by atoms with E-state index in [-0.39, 0.29) is 23.7 Å². The predicted octanol–water partition coefficient (Wildman–Crippen LogP) is 3.57. The molecular weight excluding hydrogens is 335 g/mol. The molecular formula is C20H20FN2OS+. The van der Waals surface area contributed by atoms with Crippen LogP contribution in [0.3, 0.4) is 0 Å². The van der Waals surface area contributed by atoms with Gasteiger partial charge in [0, 0.05) is 5.56 Å². The number of quaternary nitrogens is 1. The lowest BCUT2D eigenvalue weighted by molar-refractivity contribution is -0.703. The molecule has 0 aliphatic carbocycles. The van der Waals surface area contributed by atoms with Crippen molar-refractivity contribution in [3.05, 3.63) is 88.4 Å². The Morgan fingerprint density at radius 1 is 1.04 bits per heavy atom. The summed E-state index contributed by atoms with van der Waals surface area (Å²) in [6.45, 7) is 1.83. The SMILES string of the molecule is C[C@@H]([NH2+][C@H](c1ccccc1)c1cccs1)C(=O)Nc1ccccc1F. The molecule has 2 aromatic carbocycles. The number of carbonyl (C=O) groups excluding carboxylic acids is 1. The molecule has 1 heterocycles. The van der Waals surface area contributed by atoms with Crippen LogP contribution in [0.15, 0.2) is 72.1 Å². The second kappa shape index (κ2) is 8.05. The first-order valence-corrected chi connectivity index (χ1v) is 9.02. The second-order valence-corrected chi connectivity index (χ2v) is 6.83. The Hall–Kier alpha value is -2.50. The standard InChI is InChI=1S/C20H19FN2OS/c1-14(20(24)23-17-11-6-5-10-16(17)21)22-19(18-12-7-13-25-18)15-8-3-2-4-9-15/h2-14,19,22H,1H3,(H,23,24)/p+1/t14-,19-/m1/s1. The molecule has 0 aliphatic rings. The van der Waals surface area contributed by atoms with Gasteiger partial charge in [-0.2, -0.15) is 0 Å². The Balaban J connectivity index is 1.75. The average molecular weight is 355 g/mol. The second-order valence-electron chi connectivity index (χ2n) is 5.85. The predicted molar refractivity (Wildman–Crippen MR) is 99.0 cm³/mol. The summed E-state index contributed by atoms with van der Waals surface area (Å²) < 4.78 is 13.7. The smallest absolute Gasteiger partial charge is 0.282 e. The minimum Gasteiger partial charge on any atom is -0.326 e. The van der Waals surface area contributed by atoms with Crippen molar-refractivity contribution < 1.29 is 14.5 Å². The van der Waals surface area contributed by atoms with Gasteiger partial charge in [-0.05, 0) is 30.5 Å². The Labute approximate surface area is 150 Å². The average Bonchev–Trinajstić information content (AvgIpc) is 3.16. The van der Waals surface area contributed by atoms with E-state index in [0.717, 1.165) is 5.56 Å². The Bertz CT molecular complexity index is 821. The van der Waals surface area contributed by atoms with E-state index in [1.165, 1.54) is 10.9 Å². The summed E-state index contributed by atoms with van der Waals surface area (Å²) in [7, 11) is 0. The summed E-state index contributed by atoms with van der Waals surface area (Å²) >= 11 is 1.66. The zero-order valence-electron chi connectivity index (χ0n) is 13.9. The van der Waals surface area contributed by atoms with Crippen LogP contribution < -0.4 is 10.6 Å². The molecule has 0 saturated heterocycles. The third-order valence-corrected chi connectivity index (χ3v) is 4.99. The number of amides is 1. The molecule has 128 valence electrons. The molecule has 3 N–H and O–H groups in total. The highest BCUT2D eigenvalue weighted by Crippen LogP contribution is 2.22. The van der Waals surface area contributed by atoms with E-state index in [2.05, 4.69) is 23.5 Å². The molecule has 3 rings (SSSR count). The summed E-state index contributed by atoms with van der Waals surface area (Å²) in [5.41, 5.74) is 1.34. The number of nitrogens with two attached hydrogens (primary N) is 1. The lowest BCUT2D eigenvalue weighted by Crippen LogP contribution is -2.92. The fourth-order valence-corrected chi connectivity index (χ4v) is 3.52. The first-order chi connectivity index (χ1) is 12.1. The first kappa shape index (κ1) is 17.3. The molecule has 0 aliphatic heterocycles. The number of carbonyl (C=O) groups is 1. The van der Waals surface area contributed by atoms with Crippen molar-refractivity contribution in [2.75, 3.05) is 5.32 Å². The molecule has 0 fully saturated rings. The highest BCUT2D eigenvalue weighted by Gasteiger charge is 2.25. The highest BCUT2D eigenvalue weighted by atomic mass is 32.1. The van der Waals surface area contributed by atoms with Crippen LogP contribution in [0.25, 0.3) is 0 Å². The monoisotopic (exact) mass is 355 g/mol. The number of nitrogens with one attached hydrogen (secondary N) is 1. The summed E-state index contributed by atoms with van der Waals surface area (Å²) in [6.07, 6.45) is 0. The van der Waals surface area contributed by atoms with Gasteiger partial charge < -0.3 is 10.6 Å². The molecule has 0 bridgehead atoms. The molecule has 3 aromatic rings. The molecule has 5 heteroatoms. The Morgan fingerprint density at radius 3 is 2.44 bits per heavy atom. The topological polar surface area (TPSA) is 45.7 Å². The van der Waals surface area contributed by atoms with Gasteiger partial charge in [-0.1, -0.05) is 48.5 Å². The normalized spacial score (nSPS) is 13.2. The molecule has 25 heavy (non-hydrogen) atoms. The van der Waals surface area contributed by atoms with E-state index in [1.807, 2.05) is 41.9 Å². The number of benzene rings is 2. The third kappa shape index (κ3) is 4.32. The zero-order valence-corrected chi connectivity index (χ0v) is 14.7. The van der Waals surface area contributed by atoms with Gasteiger partial charge >= 0.3 is 0 Å². The van der Waals surface area contributed by atoms with Crippen molar-refractivity contribution in [3.63, 3.8) is 0 Å². The van der Waals surface area contributed by atoms with Crippen molar-refractivity contribution in [1.82, 2.24) is 0 Å². The molecule has 1 aromatic heterocycles. The van der Waals surface area contributed by atoms with Gasteiger partial charge in [0.15, 0.2) is 6.04 Å². The summed E-state index contributed by atoms with van der Waals surface area (Å²) in [5.74, 6) is -0.650. The molecule has 0 unspecified atom stereocenters. The fourth-order valence-electron chi connectivity index (χ4n) is 2.68. The van der Waals surface area contributed by atoms with Crippen LogP contribution in [-0.4, -0.2) is 11.9 Å². The van der Waals surface area contributed by atoms with E-state index in [1.54, 1.807) is 29.5 Å². The minimum atomic E-state index is -0.430.